The Hall–Kier alpha value is -2.29. The van der Waals surface area contributed by atoms with E-state index in [1.165, 1.54) is 6.42 Å². The fraction of sp³-hybridized carbons (Fsp3) is 0.647. The summed E-state index contributed by atoms with van der Waals surface area (Å²) < 4.78 is 32.3. The van der Waals surface area contributed by atoms with E-state index in [1.54, 1.807) is 0 Å². The third-order valence-corrected chi connectivity index (χ3v) is 7.15. The Bertz CT molecular complexity index is 913. The lowest BCUT2D eigenvalue weighted by Gasteiger charge is -2.19. The third-order valence-electron chi connectivity index (χ3n) is 6.17. The number of allylic oxidation sites excluding steroid dienone is 10. The van der Waals surface area contributed by atoms with Crippen molar-refractivity contribution in [1.29, 1.82) is 0 Å². The first-order valence-electron chi connectivity index (χ1n) is 16.3. The average Bonchev–Trinajstić information content (AvgIpc) is 3.00. The summed E-state index contributed by atoms with van der Waals surface area (Å²) in [6, 6.07) is 0. The van der Waals surface area contributed by atoms with Crippen LogP contribution in [0.25, 0.3) is 0 Å². The SMILES string of the molecule is CC/C=C\C/C=C\C/C=C\C/C=C\C/C=C\CCCC(=O)OC(COC(=O)CCCCCCCC)COP(=O)(O)OCCN. The molecule has 0 heterocycles. The van der Waals surface area contributed by atoms with Gasteiger partial charge in [-0.25, -0.2) is 4.57 Å². The maximum absolute atomic E-state index is 12.4. The van der Waals surface area contributed by atoms with Gasteiger partial charge in [0.1, 0.15) is 6.61 Å². The van der Waals surface area contributed by atoms with Gasteiger partial charge in [-0.2, -0.15) is 0 Å². The normalized spacial score (nSPS) is 14.4. The van der Waals surface area contributed by atoms with Crippen LogP contribution < -0.4 is 5.73 Å². The highest BCUT2D eigenvalue weighted by Gasteiger charge is 2.25. The number of phosphoric ester groups is 1. The van der Waals surface area contributed by atoms with Crippen molar-refractivity contribution in [3.8, 4) is 0 Å². The van der Waals surface area contributed by atoms with Crippen molar-refractivity contribution >= 4 is 19.8 Å². The Balaban J connectivity index is 4.38. The predicted octanol–water partition coefficient (Wildman–Crippen LogP) is 8.21. The van der Waals surface area contributed by atoms with Crippen LogP contribution in [-0.4, -0.2) is 49.3 Å². The molecule has 0 saturated heterocycles. The number of phosphoric acid groups is 1. The summed E-state index contributed by atoms with van der Waals surface area (Å²) in [5.41, 5.74) is 5.30. The predicted molar refractivity (Wildman–Crippen MR) is 178 cm³/mol. The van der Waals surface area contributed by atoms with Crippen molar-refractivity contribution in [2.45, 2.75) is 116 Å². The van der Waals surface area contributed by atoms with E-state index in [9.17, 15) is 19.0 Å². The molecule has 0 rings (SSSR count). The Kier molecular flexibility index (Phi) is 29.1. The summed E-state index contributed by atoms with van der Waals surface area (Å²) in [7, 11) is -4.38. The van der Waals surface area contributed by atoms with Gasteiger partial charge in [0.25, 0.3) is 0 Å². The Morgan fingerprint density at radius 2 is 1.25 bits per heavy atom. The van der Waals surface area contributed by atoms with Crippen LogP contribution in [0.1, 0.15) is 110 Å². The maximum atomic E-state index is 12.4. The van der Waals surface area contributed by atoms with Crippen LogP contribution in [0.5, 0.6) is 0 Å². The lowest BCUT2D eigenvalue weighted by Crippen LogP contribution is -2.29. The van der Waals surface area contributed by atoms with Crippen LogP contribution in [0.15, 0.2) is 60.8 Å². The molecule has 0 aromatic heterocycles. The molecule has 10 heteroatoms. The van der Waals surface area contributed by atoms with Gasteiger partial charge < -0.3 is 20.1 Å². The zero-order valence-electron chi connectivity index (χ0n) is 27.1. The summed E-state index contributed by atoms with van der Waals surface area (Å²) >= 11 is 0. The van der Waals surface area contributed by atoms with Crippen molar-refractivity contribution in [3.63, 3.8) is 0 Å². The van der Waals surface area contributed by atoms with Gasteiger partial charge >= 0.3 is 19.8 Å². The minimum atomic E-state index is -4.38. The number of ether oxygens (including phenoxy) is 2. The van der Waals surface area contributed by atoms with E-state index in [2.05, 4.69) is 68.5 Å². The van der Waals surface area contributed by atoms with Crippen LogP contribution in [-0.2, 0) is 32.7 Å². The molecule has 0 aromatic carbocycles. The Labute approximate surface area is 266 Å². The number of rotatable bonds is 29. The highest BCUT2D eigenvalue weighted by atomic mass is 31.2. The molecule has 0 bridgehead atoms. The van der Waals surface area contributed by atoms with E-state index in [4.69, 9.17) is 24.3 Å². The molecule has 0 aliphatic heterocycles. The first kappa shape index (κ1) is 41.7. The molecule has 0 spiro atoms. The number of carbonyl (C=O) groups is 2. The summed E-state index contributed by atoms with van der Waals surface area (Å²) in [4.78, 5) is 34.3. The van der Waals surface area contributed by atoms with Gasteiger partial charge in [-0.15, -0.1) is 0 Å². The molecule has 0 aromatic rings. The van der Waals surface area contributed by atoms with Crippen molar-refractivity contribution in [2.24, 2.45) is 5.73 Å². The molecule has 0 fully saturated rings. The van der Waals surface area contributed by atoms with Gasteiger partial charge in [0.15, 0.2) is 6.10 Å². The van der Waals surface area contributed by atoms with Crippen molar-refractivity contribution in [1.82, 2.24) is 0 Å². The van der Waals surface area contributed by atoms with Crippen LogP contribution >= 0.6 is 7.82 Å². The Morgan fingerprint density at radius 1 is 0.705 bits per heavy atom. The lowest BCUT2D eigenvalue weighted by molar-refractivity contribution is -0.161. The number of unbranched alkanes of at least 4 members (excludes halogenated alkanes) is 6. The molecule has 0 amide bonds. The van der Waals surface area contributed by atoms with E-state index >= 15 is 0 Å². The molecule has 252 valence electrons. The van der Waals surface area contributed by atoms with E-state index in [0.29, 0.717) is 12.8 Å². The van der Waals surface area contributed by atoms with Crippen molar-refractivity contribution in [2.75, 3.05) is 26.4 Å². The smallest absolute Gasteiger partial charge is 0.462 e. The second kappa shape index (κ2) is 30.7. The molecule has 0 aliphatic rings. The summed E-state index contributed by atoms with van der Waals surface area (Å²) in [5.74, 6) is -0.917. The number of hydrogen-bond donors (Lipinski definition) is 2. The molecule has 9 nitrogen and oxygen atoms in total. The molecular formula is C34H58NO8P. The van der Waals surface area contributed by atoms with Gasteiger partial charge in [0, 0.05) is 19.4 Å². The maximum Gasteiger partial charge on any atom is 0.472 e. The molecule has 0 aliphatic carbocycles. The second-order valence-corrected chi connectivity index (χ2v) is 11.8. The highest BCUT2D eigenvalue weighted by molar-refractivity contribution is 7.47. The van der Waals surface area contributed by atoms with E-state index in [-0.39, 0.29) is 32.6 Å². The molecule has 2 unspecified atom stereocenters. The quantitative estimate of drug-likeness (QED) is 0.0359. The fourth-order valence-electron chi connectivity index (χ4n) is 3.78. The second-order valence-electron chi connectivity index (χ2n) is 10.3. The molecule has 44 heavy (non-hydrogen) atoms. The minimum absolute atomic E-state index is 0.0419. The van der Waals surface area contributed by atoms with E-state index in [0.717, 1.165) is 64.2 Å². The number of hydrogen-bond acceptors (Lipinski definition) is 8. The zero-order chi connectivity index (χ0) is 32.6. The fourth-order valence-corrected chi connectivity index (χ4v) is 4.55. The van der Waals surface area contributed by atoms with Crippen LogP contribution in [0.2, 0.25) is 0 Å². The zero-order valence-corrected chi connectivity index (χ0v) is 28.0. The van der Waals surface area contributed by atoms with Crippen molar-refractivity contribution in [3.05, 3.63) is 60.8 Å². The monoisotopic (exact) mass is 639 g/mol. The van der Waals surface area contributed by atoms with Crippen LogP contribution in [0.3, 0.4) is 0 Å². The first-order chi connectivity index (χ1) is 21.3. The van der Waals surface area contributed by atoms with Crippen molar-refractivity contribution < 1.29 is 37.6 Å². The molecule has 0 radical (unpaired) electrons. The summed E-state index contributed by atoms with van der Waals surface area (Å²) in [5, 5.41) is 0. The van der Waals surface area contributed by atoms with Gasteiger partial charge in [-0.05, 0) is 51.4 Å². The van der Waals surface area contributed by atoms with Gasteiger partial charge in [0.2, 0.25) is 0 Å². The molecule has 3 N–H and O–H groups in total. The number of carbonyl (C=O) groups excluding carboxylic acids is 2. The average molecular weight is 640 g/mol. The summed E-state index contributed by atoms with van der Waals surface area (Å²) in [6.45, 7) is 3.43. The van der Waals surface area contributed by atoms with Crippen LogP contribution in [0, 0.1) is 0 Å². The standard InChI is InChI=1S/C34H58NO8P/c1-3-5-7-9-11-12-13-14-15-16-17-18-19-20-21-23-25-27-34(37)43-32(31-42-44(38,39)41-29-28-35)30-40-33(36)26-24-22-10-8-6-4-2/h5,7,11-12,14-15,17-18,20-21,32H,3-4,6,8-10,13,16,19,22-31,35H2,1-2H3,(H,38,39)/b7-5-,12-11-,15-14-,18-17-,21-20-. The lowest BCUT2D eigenvalue weighted by atomic mass is 10.1. The largest absolute Gasteiger partial charge is 0.472 e. The number of esters is 2. The topological polar surface area (TPSA) is 134 Å². The van der Waals surface area contributed by atoms with Gasteiger partial charge in [-0.3, -0.25) is 18.6 Å². The van der Waals surface area contributed by atoms with Crippen LogP contribution in [0.4, 0.5) is 0 Å². The molecular weight excluding hydrogens is 581 g/mol. The third kappa shape index (κ3) is 29.8. The first-order valence-corrected chi connectivity index (χ1v) is 17.8. The molecule has 2 atom stereocenters. The van der Waals surface area contributed by atoms with Gasteiger partial charge in [-0.1, -0.05) is 107 Å². The van der Waals surface area contributed by atoms with E-state index < -0.39 is 32.5 Å². The number of nitrogens with two attached hydrogens (primary N) is 1. The van der Waals surface area contributed by atoms with E-state index in [1.807, 2.05) is 6.08 Å². The Morgan fingerprint density at radius 3 is 1.84 bits per heavy atom. The highest BCUT2D eigenvalue weighted by Crippen LogP contribution is 2.43. The van der Waals surface area contributed by atoms with Gasteiger partial charge in [0.05, 0.1) is 13.2 Å². The summed E-state index contributed by atoms with van der Waals surface area (Å²) in [6.07, 6.45) is 32.9. The minimum Gasteiger partial charge on any atom is -0.462 e. The molecule has 0 saturated carbocycles.